The molecule has 20 heteroatoms. The number of ether oxygens (including phenoxy) is 1. The highest BCUT2D eigenvalue weighted by Crippen LogP contribution is 2.26. The minimum atomic E-state index is -4.20. The molecule has 1 atom stereocenters. The van der Waals surface area contributed by atoms with Crippen molar-refractivity contribution in [2.45, 2.75) is 22.3 Å². The molecule has 302 valence electrons. The number of hydrogen-bond acceptors (Lipinski definition) is 11. The number of non-ortho nitro benzene ring substituents is 1. The van der Waals surface area contributed by atoms with Gasteiger partial charge < -0.3 is 15.0 Å². The van der Waals surface area contributed by atoms with Crippen molar-refractivity contribution in [1.82, 2.24) is 28.4 Å². The number of nitro benzene ring substituents is 1. The quantitative estimate of drug-likeness (QED) is 0.142. The molecule has 3 heterocycles. The molecule has 58 heavy (non-hydrogen) atoms. The van der Waals surface area contributed by atoms with Gasteiger partial charge in [-0.25, -0.2) is 26.2 Å². The Hall–Kier alpha value is -5.93. The second-order valence-corrected chi connectivity index (χ2v) is 17.4. The van der Waals surface area contributed by atoms with Gasteiger partial charge in [0.2, 0.25) is 31.9 Å². The molecule has 0 unspecified atom stereocenters. The Morgan fingerprint density at radius 1 is 0.845 bits per heavy atom. The van der Waals surface area contributed by atoms with E-state index in [4.69, 9.17) is 4.74 Å². The number of sulfonamides is 2. The summed E-state index contributed by atoms with van der Waals surface area (Å²) in [5.74, 6) is -2.00. The fraction of sp³-hybridized carbons (Fsp3) is 0.263. The summed E-state index contributed by atoms with van der Waals surface area (Å²) >= 11 is 0. The summed E-state index contributed by atoms with van der Waals surface area (Å²) in [7, 11) is -8.08. The third-order valence-corrected chi connectivity index (χ3v) is 13.6. The topological polar surface area (TPSA) is 211 Å². The van der Waals surface area contributed by atoms with Crippen molar-refractivity contribution in [2.75, 3.05) is 52.5 Å². The summed E-state index contributed by atoms with van der Waals surface area (Å²) in [5.41, 5.74) is 0.0353. The maximum Gasteiger partial charge on any atom is 0.269 e. The monoisotopic (exact) mass is 833 g/mol. The fourth-order valence-corrected chi connectivity index (χ4v) is 9.57. The number of carbonyl (C=O) groups excluding carboxylic acids is 2. The predicted molar refractivity (Wildman–Crippen MR) is 206 cm³/mol. The summed E-state index contributed by atoms with van der Waals surface area (Å²) in [6, 6.07) is 21.3. The van der Waals surface area contributed by atoms with Crippen molar-refractivity contribution in [3.05, 3.63) is 135 Å². The molecular weight excluding hydrogens is 798 g/mol. The Balaban J connectivity index is 1.18. The van der Waals surface area contributed by atoms with E-state index >= 15 is 0 Å². The molecule has 1 aromatic heterocycles. The Labute approximate surface area is 331 Å². The third kappa shape index (κ3) is 8.36. The van der Waals surface area contributed by atoms with Crippen LogP contribution in [0.1, 0.15) is 17.4 Å². The van der Waals surface area contributed by atoms with Crippen LogP contribution < -0.4 is 10.9 Å². The van der Waals surface area contributed by atoms with Crippen molar-refractivity contribution < 1.29 is 40.5 Å². The number of rotatable bonds is 12. The number of halogens is 1. The van der Waals surface area contributed by atoms with Gasteiger partial charge in [0.25, 0.3) is 11.2 Å². The summed E-state index contributed by atoms with van der Waals surface area (Å²) in [6.45, 7) is -0.523. The molecule has 4 aromatic carbocycles. The maximum absolute atomic E-state index is 14.5. The number of piperazine rings is 1. The molecule has 0 bridgehead atoms. The largest absolute Gasteiger partial charge is 0.379 e. The number of hydrogen-bond donors (Lipinski definition) is 1. The van der Waals surface area contributed by atoms with Crippen LogP contribution in [0.4, 0.5) is 10.1 Å². The van der Waals surface area contributed by atoms with Gasteiger partial charge in [-0.05, 0) is 60.5 Å². The first-order valence-corrected chi connectivity index (χ1v) is 20.9. The second-order valence-electron chi connectivity index (χ2n) is 13.5. The van der Waals surface area contributed by atoms with E-state index in [9.17, 15) is 45.7 Å². The SMILES string of the molecule is O=C(CN1CCN(S(=O)(=O)c2ccc([N+](=O)[O-])cc2)CC1=O)N[C@@H](Cc1ccccc1)c1nc2cc(F)ccc2c(=O)n1-c1ccc(S(=O)(=O)N2CCOCC2)cc1. The van der Waals surface area contributed by atoms with Crippen LogP contribution in [-0.4, -0.2) is 109 Å². The van der Waals surface area contributed by atoms with Gasteiger partial charge in [-0.15, -0.1) is 0 Å². The molecule has 5 aromatic rings. The molecule has 1 N–H and O–H groups in total. The number of nitro groups is 1. The average molecular weight is 834 g/mol. The van der Waals surface area contributed by atoms with E-state index in [-0.39, 0.29) is 83.7 Å². The van der Waals surface area contributed by atoms with Gasteiger partial charge in [0.15, 0.2) is 0 Å². The van der Waals surface area contributed by atoms with Crippen molar-refractivity contribution in [2.24, 2.45) is 0 Å². The zero-order chi connectivity index (χ0) is 41.2. The lowest BCUT2D eigenvalue weighted by Gasteiger charge is -2.33. The number of nitrogens with one attached hydrogen (secondary N) is 1. The summed E-state index contributed by atoms with van der Waals surface area (Å²) in [5, 5.41) is 14.0. The van der Waals surface area contributed by atoms with Crippen molar-refractivity contribution >= 4 is 48.5 Å². The van der Waals surface area contributed by atoms with Gasteiger partial charge in [0.05, 0.1) is 63.6 Å². The Bertz CT molecular complexity index is 2660. The molecular formula is C38H36FN7O10S2. The Kier molecular flexibility index (Phi) is 11.5. The molecule has 0 saturated carbocycles. The molecule has 2 amide bonds. The molecule has 2 saturated heterocycles. The van der Waals surface area contributed by atoms with Crippen molar-refractivity contribution in [1.29, 1.82) is 0 Å². The van der Waals surface area contributed by atoms with Crippen LogP contribution in [0.2, 0.25) is 0 Å². The van der Waals surface area contributed by atoms with Crippen molar-refractivity contribution in [3.63, 3.8) is 0 Å². The number of benzene rings is 4. The van der Waals surface area contributed by atoms with Gasteiger partial charge in [0.1, 0.15) is 11.6 Å². The van der Waals surface area contributed by atoms with E-state index in [1.165, 1.54) is 44.1 Å². The first-order chi connectivity index (χ1) is 27.7. The van der Waals surface area contributed by atoms with Crippen LogP contribution in [0.15, 0.2) is 112 Å². The minimum Gasteiger partial charge on any atom is -0.379 e. The first kappa shape index (κ1) is 40.3. The van der Waals surface area contributed by atoms with Crippen LogP contribution >= 0.6 is 0 Å². The van der Waals surface area contributed by atoms with E-state index < -0.39 is 67.3 Å². The van der Waals surface area contributed by atoms with E-state index in [2.05, 4.69) is 10.3 Å². The van der Waals surface area contributed by atoms with Crippen LogP contribution in [0.3, 0.4) is 0 Å². The van der Waals surface area contributed by atoms with Gasteiger partial charge in [-0.1, -0.05) is 30.3 Å². The normalized spacial score (nSPS) is 16.3. The lowest BCUT2D eigenvalue weighted by atomic mass is 10.0. The molecule has 0 radical (unpaired) electrons. The van der Waals surface area contributed by atoms with E-state index in [0.717, 1.165) is 46.3 Å². The molecule has 0 aliphatic carbocycles. The number of amides is 2. The molecule has 2 fully saturated rings. The van der Waals surface area contributed by atoms with Crippen LogP contribution in [0, 0.1) is 15.9 Å². The van der Waals surface area contributed by atoms with Crippen LogP contribution in [0.25, 0.3) is 16.6 Å². The minimum absolute atomic E-state index is 0.00516. The lowest BCUT2D eigenvalue weighted by molar-refractivity contribution is -0.384. The van der Waals surface area contributed by atoms with Gasteiger partial charge >= 0.3 is 0 Å². The molecule has 7 rings (SSSR count). The number of aromatic nitrogens is 2. The molecule has 2 aliphatic heterocycles. The zero-order valence-electron chi connectivity index (χ0n) is 30.6. The number of morpholine rings is 1. The summed E-state index contributed by atoms with van der Waals surface area (Å²) in [6.07, 6.45) is 0.0819. The number of carbonyl (C=O) groups is 2. The van der Waals surface area contributed by atoms with E-state index in [0.29, 0.717) is 0 Å². The second kappa shape index (κ2) is 16.5. The fourth-order valence-electron chi connectivity index (χ4n) is 6.78. The summed E-state index contributed by atoms with van der Waals surface area (Å²) < 4.78 is 76.6. The van der Waals surface area contributed by atoms with Gasteiger partial charge in [-0.2, -0.15) is 8.61 Å². The molecule has 2 aliphatic rings. The standard InChI is InChI=1S/C38H36FN7O10S2/c39-27-6-15-32-33(23-27)41-37(45(38(32)49)28-7-11-30(12-8-28)57(52,53)43-18-20-56-21-19-43)34(22-26-4-2-1-3-5-26)40-35(47)24-42-16-17-44(25-36(42)48)58(54,55)31-13-9-29(10-14-31)46(50)51/h1-15,23,34H,16-22,24-25H2,(H,40,47)/t34-/m0/s1. The highest BCUT2D eigenvalue weighted by Gasteiger charge is 2.35. The highest BCUT2D eigenvalue weighted by molar-refractivity contribution is 7.89. The van der Waals surface area contributed by atoms with E-state index in [1.54, 1.807) is 30.3 Å². The average Bonchev–Trinajstić information content (AvgIpc) is 3.22. The molecule has 0 spiro atoms. The lowest BCUT2D eigenvalue weighted by Crippen LogP contribution is -2.54. The first-order valence-electron chi connectivity index (χ1n) is 18.0. The number of fused-ring (bicyclic) bond motifs is 1. The predicted octanol–water partition coefficient (Wildman–Crippen LogP) is 2.39. The van der Waals surface area contributed by atoms with Gasteiger partial charge in [-0.3, -0.25) is 29.1 Å². The number of nitrogens with zero attached hydrogens (tertiary/aromatic N) is 6. The van der Waals surface area contributed by atoms with E-state index in [1.807, 2.05) is 0 Å². The Morgan fingerprint density at radius 3 is 2.12 bits per heavy atom. The van der Waals surface area contributed by atoms with Gasteiger partial charge in [0, 0.05) is 44.4 Å². The third-order valence-electron chi connectivity index (χ3n) is 9.79. The van der Waals surface area contributed by atoms with Crippen LogP contribution in [-0.2, 0) is 40.8 Å². The Morgan fingerprint density at radius 2 is 1.48 bits per heavy atom. The van der Waals surface area contributed by atoms with Crippen molar-refractivity contribution in [3.8, 4) is 5.69 Å². The molecule has 17 nitrogen and oxygen atoms in total. The zero-order valence-corrected chi connectivity index (χ0v) is 32.3. The summed E-state index contributed by atoms with van der Waals surface area (Å²) in [4.78, 5) is 57.4. The maximum atomic E-state index is 14.5. The smallest absolute Gasteiger partial charge is 0.269 e. The van der Waals surface area contributed by atoms with Crippen LogP contribution in [0.5, 0.6) is 0 Å². The highest BCUT2D eigenvalue weighted by atomic mass is 32.2.